The van der Waals surface area contributed by atoms with Gasteiger partial charge >= 0.3 is 0 Å². The van der Waals surface area contributed by atoms with Crippen LogP contribution in [0.25, 0.3) is 0 Å². The quantitative estimate of drug-likeness (QED) is 0.380. The summed E-state index contributed by atoms with van der Waals surface area (Å²) in [6, 6.07) is 17.6. The van der Waals surface area contributed by atoms with Gasteiger partial charge in [-0.15, -0.1) is 0 Å². The molecule has 0 aromatic heterocycles. The third-order valence-electron chi connectivity index (χ3n) is 4.82. The molecule has 0 saturated carbocycles. The van der Waals surface area contributed by atoms with Crippen LogP contribution in [0.5, 0.6) is 5.75 Å². The summed E-state index contributed by atoms with van der Waals surface area (Å²) in [5, 5.41) is 14.4. The zero-order valence-corrected chi connectivity index (χ0v) is 19.0. The standard InChI is InChI=1S/C22H16Br2ClFN2O/c23-14-3-1-2-12(8-14)19-11-20(16-10-15(25)5-7-21(16)29)28-22(27-19)13-4-6-18(26)17(24)9-13/h1-10,20,22,28-29H,11H2. The SMILES string of the molecule is Oc1ccc(Cl)cc1C1CC(c2cccc(Br)c2)=NC(c2ccc(F)c(Br)c2)N1. The van der Waals surface area contributed by atoms with Gasteiger partial charge in [0, 0.05) is 33.2 Å². The Kier molecular flexibility index (Phi) is 6.06. The molecule has 3 nitrogen and oxygen atoms in total. The molecule has 0 radical (unpaired) electrons. The van der Waals surface area contributed by atoms with Gasteiger partial charge in [-0.2, -0.15) is 0 Å². The molecular weight excluding hydrogens is 523 g/mol. The maximum atomic E-state index is 13.7. The van der Waals surface area contributed by atoms with Crippen molar-refractivity contribution in [3.8, 4) is 5.75 Å². The second-order valence-electron chi connectivity index (χ2n) is 6.79. The van der Waals surface area contributed by atoms with E-state index in [0.29, 0.717) is 21.5 Å². The molecule has 0 spiro atoms. The molecule has 3 aromatic rings. The highest BCUT2D eigenvalue weighted by atomic mass is 79.9. The van der Waals surface area contributed by atoms with Crippen LogP contribution >= 0.6 is 43.5 Å². The Balaban J connectivity index is 1.79. The smallest absolute Gasteiger partial charge is 0.137 e. The number of halogens is 4. The van der Waals surface area contributed by atoms with Crippen LogP contribution in [0.4, 0.5) is 4.39 Å². The van der Waals surface area contributed by atoms with E-state index in [1.165, 1.54) is 6.07 Å². The van der Waals surface area contributed by atoms with Gasteiger partial charge in [0.1, 0.15) is 17.7 Å². The summed E-state index contributed by atoms with van der Waals surface area (Å²) in [7, 11) is 0. The number of phenols is 1. The first-order valence-corrected chi connectivity index (χ1v) is 10.9. The number of phenolic OH excluding ortho intramolecular Hbond substituents is 1. The molecule has 2 atom stereocenters. The molecule has 0 bridgehead atoms. The topological polar surface area (TPSA) is 44.6 Å². The Morgan fingerprint density at radius 2 is 1.90 bits per heavy atom. The summed E-state index contributed by atoms with van der Waals surface area (Å²) in [4.78, 5) is 4.89. The number of hydrogen-bond acceptors (Lipinski definition) is 3. The van der Waals surface area contributed by atoms with Gasteiger partial charge in [0.2, 0.25) is 0 Å². The summed E-state index contributed by atoms with van der Waals surface area (Å²) in [5.41, 5.74) is 3.39. The molecule has 1 aliphatic rings. The number of nitrogens with one attached hydrogen (secondary N) is 1. The highest BCUT2D eigenvalue weighted by Crippen LogP contribution is 2.36. The number of benzene rings is 3. The number of aromatic hydroxyl groups is 1. The minimum Gasteiger partial charge on any atom is -0.508 e. The van der Waals surface area contributed by atoms with Crippen LogP contribution < -0.4 is 5.32 Å². The summed E-state index contributed by atoms with van der Waals surface area (Å²) in [6.45, 7) is 0. The minimum atomic E-state index is -0.405. The van der Waals surface area contributed by atoms with E-state index in [-0.39, 0.29) is 17.6 Å². The number of nitrogens with zero attached hydrogens (tertiary/aromatic N) is 1. The first-order valence-electron chi connectivity index (χ1n) is 8.93. The van der Waals surface area contributed by atoms with E-state index in [0.717, 1.165) is 21.3 Å². The molecule has 0 aliphatic carbocycles. The number of rotatable bonds is 3. The van der Waals surface area contributed by atoms with Crippen molar-refractivity contribution in [2.75, 3.05) is 0 Å². The fourth-order valence-electron chi connectivity index (χ4n) is 3.41. The van der Waals surface area contributed by atoms with Gasteiger partial charge in [-0.3, -0.25) is 10.3 Å². The second-order valence-corrected chi connectivity index (χ2v) is 9.00. The molecule has 0 fully saturated rings. The maximum absolute atomic E-state index is 13.7. The van der Waals surface area contributed by atoms with Crippen molar-refractivity contribution in [2.24, 2.45) is 4.99 Å². The summed E-state index contributed by atoms with van der Waals surface area (Å²) in [5.74, 6) is -0.161. The van der Waals surface area contributed by atoms with Crippen LogP contribution in [0.15, 0.2) is 74.6 Å². The van der Waals surface area contributed by atoms with Crippen LogP contribution in [0, 0.1) is 5.82 Å². The van der Waals surface area contributed by atoms with Gasteiger partial charge in [-0.1, -0.05) is 45.7 Å². The van der Waals surface area contributed by atoms with Gasteiger partial charge in [-0.25, -0.2) is 4.39 Å². The van der Waals surface area contributed by atoms with Crippen molar-refractivity contribution in [3.63, 3.8) is 0 Å². The van der Waals surface area contributed by atoms with E-state index in [1.54, 1.807) is 30.3 Å². The fraction of sp³-hybridized carbons (Fsp3) is 0.136. The Labute approximate surface area is 189 Å². The summed E-state index contributed by atoms with van der Waals surface area (Å²) >= 11 is 12.9. The lowest BCUT2D eigenvalue weighted by Crippen LogP contribution is -2.33. The van der Waals surface area contributed by atoms with Crippen LogP contribution in [0.2, 0.25) is 5.02 Å². The third kappa shape index (κ3) is 4.56. The van der Waals surface area contributed by atoms with Crippen molar-refractivity contribution >= 4 is 49.2 Å². The zero-order chi connectivity index (χ0) is 20.5. The molecule has 148 valence electrons. The lowest BCUT2D eigenvalue weighted by molar-refractivity contribution is 0.412. The third-order valence-corrected chi connectivity index (χ3v) is 6.16. The second kappa shape index (κ2) is 8.56. The monoisotopic (exact) mass is 536 g/mol. The van der Waals surface area contributed by atoms with E-state index in [4.69, 9.17) is 16.6 Å². The number of hydrogen-bond donors (Lipinski definition) is 2. The molecule has 2 unspecified atom stereocenters. The van der Waals surface area contributed by atoms with Gasteiger partial charge in [0.05, 0.1) is 4.47 Å². The molecule has 29 heavy (non-hydrogen) atoms. The van der Waals surface area contributed by atoms with Crippen molar-refractivity contribution in [1.29, 1.82) is 0 Å². The Bertz CT molecular complexity index is 1110. The van der Waals surface area contributed by atoms with Gasteiger partial charge in [0.25, 0.3) is 0 Å². The maximum Gasteiger partial charge on any atom is 0.137 e. The first kappa shape index (κ1) is 20.5. The van der Waals surface area contributed by atoms with E-state index in [9.17, 15) is 9.50 Å². The van der Waals surface area contributed by atoms with E-state index in [2.05, 4.69) is 37.2 Å². The zero-order valence-electron chi connectivity index (χ0n) is 15.0. The van der Waals surface area contributed by atoms with E-state index < -0.39 is 6.17 Å². The predicted molar refractivity (Wildman–Crippen MR) is 121 cm³/mol. The van der Waals surface area contributed by atoms with Crippen LogP contribution in [0.3, 0.4) is 0 Å². The Morgan fingerprint density at radius 3 is 2.66 bits per heavy atom. The van der Waals surface area contributed by atoms with Gasteiger partial charge in [-0.05, 0) is 69.5 Å². The van der Waals surface area contributed by atoms with Gasteiger partial charge in [0.15, 0.2) is 0 Å². The lowest BCUT2D eigenvalue weighted by Gasteiger charge is -2.31. The first-order chi connectivity index (χ1) is 13.9. The highest BCUT2D eigenvalue weighted by molar-refractivity contribution is 9.10. The largest absolute Gasteiger partial charge is 0.508 e. The molecule has 7 heteroatoms. The fourth-order valence-corrected chi connectivity index (χ4v) is 4.38. The van der Waals surface area contributed by atoms with Crippen molar-refractivity contribution in [3.05, 3.63) is 97.1 Å². The summed E-state index contributed by atoms with van der Waals surface area (Å²) < 4.78 is 15.1. The van der Waals surface area contributed by atoms with Crippen molar-refractivity contribution < 1.29 is 9.50 Å². The highest BCUT2D eigenvalue weighted by Gasteiger charge is 2.28. The van der Waals surface area contributed by atoms with E-state index >= 15 is 0 Å². The van der Waals surface area contributed by atoms with Crippen LogP contribution in [-0.2, 0) is 0 Å². The minimum absolute atomic E-state index is 0.168. The summed E-state index contributed by atoms with van der Waals surface area (Å²) in [6.07, 6.45) is 0.168. The molecular formula is C22H16Br2ClFN2O. The average Bonchev–Trinajstić information content (AvgIpc) is 2.71. The Morgan fingerprint density at radius 1 is 1.07 bits per heavy atom. The lowest BCUT2D eigenvalue weighted by atomic mass is 9.93. The molecule has 1 aliphatic heterocycles. The molecule has 1 heterocycles. The van der Waals surface area contributed by atoms with Crippen LogP contribution in [0.1, 0.15) is 35.3 Å². The normalized spacial score (nSPS) is 19.1. The molecule has 4 rings (SSSR count). The van der Waals surface area contributed by atoms with Gasteiger partial charge < -0.3 is 5.11 Å². The average molecular weight is 539 g/mol. The molecule has 2 N–H and O–H groups in total. The number of aliphatic imine (C=N–C) groups is 1. The predicted octanol–water partition coefficient (Wildman–Crippen LogP) is 6.93. The Hall–Kier alpha value is -1.73. The molecule has 0 amide bonds. The van der Waals surface area contributed by atoms with Crippen molar-refractivity contribution in [1.82, 2.24) is 5.32 Å². The van der Waals surface area contributed by atoms with Crippen LogP contribution in [-0.4, -0.2) is 10.8 Å². The van der Waals surface area contributed by atoms with Crippen molar-refractivity contribution in [2.45, 2.75) is 18.6 Å². The molecule has 0 saturated heterocycles. The van der Waals surface area contributed by atoms with E-state index in [1.807, 2.05) is 24.3 Å². The molecule has 3 aromatic carbocycles.